The summed E-state index contributed by atoms with van der Waals surface area (Å²) in [5, 5.41) is 2.98. The van der Waals surface area contributed by atoms with E-state index < -0.39 is 5.97 Å². The van der Waals surface area contributed by atoms with Gasteiger partial charge in [-0.15, -0.1) is 0 Å². The highest BCUT2D eigenvalue weighted by molar-refractivity contribution is 6.07. The SMILES string of the molecule is CCN1CCN(c2ccc(NC(=O)c3[nH]c(C)c(C(=O)OCCOC)c3C)c(C)c2)CC1. The fourth-order valence-electron chi connectivity index (χ4n) is 4.07. The summed E-state index contributed by atoms with van der Waals surface area (Å²) >= 11 is 0. The van der Waals surface area contributed by atoms with Crippen LogP contribution in [0, 0.1) is 20.8 Å². The van der Waals surface area contributed by atoms with E-state index in [4.69, 9.17) is 9.47 Å². The minimum Gasteiger partial charge on any atom is -0.460 e. The third-order valence-electron chi connectivity index (χ3n) is 6.03. The van der Waals surface area contributed by atoms with E-state index >= 15 is 0 Å². The van der Waals surface area contributed by atoms with Gasteiger partial charge >= 0.3 is 5.97 Å². The number of rotatable bonds is 8. The molecule has 0 saturated carbocycles. The molecule has 2 heterocycles. The van der Waals surface area contributed by atoms with Crippen LogP contribution in [0.1, 0.15) is 44.6 Å². The summed E-state index contributed by atoms with van der Waals surface area (Å²) in [6, 6.07) is 6.11. The number of carbonyl (C=O) groups is 2. The molecule has 0 radical (unpaired) electrons. The molecule has 0 spiro atoms. The number of aromatic amines is 1. The first-order valence-electron chi connectivity index (χ1n) is 11.1. The van der Waals surface area contributed by atoms with Crippen molar-refractivity contribution in [2.24, 2.45) is 0 Å². The first kappa shape index (κ1) is 23.8. The van der Waals surface area contributed by atoms with Crippen molar-refractivity contribution in [3.8, 4) is 0 Å². The maximum absolute atomic E-state index is 13.0. The van der Waals surface area contributed by atoms with Gasteiger partial charge < -0.3 is 29.6 Å². The molecular weight excluding hydrogens is 408 g/mol. The van der Waals surface area contributed by atoms with E-state index in [9.17, 15) is 9.59 Å². The van der Waals surface area contributed by atoms with Crippen LogP contribution in [0.5, 0.6) is 0 Å². The van der Waals surface area contributed by atoms with Crippen molar-refractivity contribution < 1.29 is 19.1 Å². The fraction of sp³-hybridized carbons (Fsp3) is 0.500. The number of piperazine rings is 1. The molecule has 174 valence electrons. The lowest BCUT2D eigenvalue weighted by Crippen LogP contribution is -2.46. The number of carbonyl (C=O) groups excluding carboxylic acids is 2. The third kappa shape index (κ3) is 5.31. The highest BCUT2D eigenvalue weighted by Crippen LogP contribution is 2.25. The van der Waals surface area contributed by atoms with Crippen LogP contribution in [-0.2, 0) is 9.47 Å². The van der Waals surface area contributed by atoms with Crippen molar-refractivity contribution in [3.05, 3.63) is 46.3 Å². The minimum atomic E-state index is -0.462. The second-order valence-electron chi connectivity index (χ2n) is 8.13. The van der Waals surface area contributed by atoms with Crippen LogP contribution in [-0.4, -0.2) is 74.8 Å². The molecule has 8 heteroatoms. The Morgan fingerprint density at radius 3 is 2.44 bits per heavy atom. The average Bonchev–Trinajstić information content (AvgIpc) is 3.09. The largest absolute Gasteiger partial charge is 0.460 e. The van der Waals surface area contributed by atoms with Crippen molar-refractivity contribution in [2.75, 3.05) is 63.3 Å². The van der Waals surface area contributed by atoms with Gasteiger partial charge in [-0.05, 0) is 56.6 Å². The Morgan fingerprint density at radius 2 is 1.81 bits per heavy atom. The maximum Gasteiger partial charge on any atom is 0.340 e. The van der Waals surface area contributed by atoms with Crippen LogP contribution in [0.15, 0.2) is 18.2 Å². The third-order valence-corrected chi connectivity index (χ3v) is 6.03. The van der Waals surface area contributed by atoms with Gasteiger partial charge in [0, 0.05) is 50.4 Å². The Bertz CT molecular complexity index is 961. The first-order valence-corrected chi connectivity index (χ1v) is 11.1. The number of aromatic nitrogens is 1. The fourth-order valence-corrected chi connectivity index (χ4v) is 4.07. The van der Waals surface area contributed by atoms with Crippen molar-refractivity contribution in [3.63, 3.8) is 0 Å². The second kappa shape index (κ2) is 10.7. The average molecular weight is 443 g/mol. The molecule has 32 heavy (non-hydrogen) atoms. The number of aryl methyl sites for hydroxylation is 2. The highest BCUT2D eigenvalue weighted by atomic mass is 16.6. The molecule has 1 aromatic carbocycles. The minimum absolute atomic E-state index is 0.167. The lowest BCUT2D eigenvalue weighted by molar-refractivity contribution is 0.0387. The van der Waals surface area contributed by atoms with Gasteiger partial charge in [-0.2, -0.15) is 0 Å². The van der Waals surface area contributed by atoms with Gasteiger partial charge in [-0.25, -0.2) is 4.79 Å². The molecule has 1 amide bonds. The van der Waals surface area contributed by atoms with Crippen molar-refractivity contribution in [1.29, 1.82) is 0 Å². The molecule has 2 N–H and O–H groups in total. The van der Waals surface area contributed by atoms with Crippen molar-refractivity contribution in [2.45, 2.75) is 27.7 Å². The molecule has 0 bridgehead atoms. The number of esters is 1. The Labute approximate surface area is 189 Å². The van der Waals surface area contributed by atoms with E-state index in [1.54, 1.807) is 21.0 Å². The first-order chi connectivity index (χ1) is 15.3. The summed E-state index contributed by atoms with van der Waals surface area (Å²) in [5.74, 6) is -0.745. The number of ether oxygens (including phenoxy) is 2. The number of hydrogen-bond donors (Lipinski definition) is 2. The molecule has 8 nitrogen and oxygen atoms in total. The standard InChI is InChI=1S/C24H34N4O4/c1-6-27-9-11-28(12-10-27)19-7-8-20(16(2)15-19)26-23(29)22-17(3)21(18(4)25-22)24(30)32-14-13-31-5/h7-8,15,25H,6,9-14H2,1-5H3,(H,26,29). The molecule has 1 saturated heterocycles. The van der Waals surface area contributed by atoms with Crippen LogP contribution >= 0.6 is 0 Å². The predicted octanol–water partition coefficient (Wildman–Crippen LogP) is 3.14. The zero-order chi connectivity index (χ0) is 23.3. The monoisotopic (exact) mass is 442 g/mol. The van der Waals surface area contributed by atoms with E-state index in [0.29, 0.717) is 29.1 Å². The molecule has 1 aliphatic heterocycles. The van der Waals surface area contributed by atoms with Gasteiger partial charge in [0.25, 0.3) is 5.91 Å². The summed E-state index contributed by atoms with van der Waals surface area (Å²) < 4.78 is 10.1. The zero-order valence-corrected chi connectivity index (χ0v) is 19.7. The zero-order valence-electron chi connectivity index (χ0n) is 19.7. The Morgan fingerprint density at radius 1 is 1.09 bits per heavy atom. The highest BCUT2D eigenvalue weighted by Gasteiger charge is 2.23. The summed E-state index contributed by atoms with van der Waals surface area (Å²) in [6.45, 7) is 13.4. The molecule has 1 aliphatic rings. The predicted molar refractivity (Wildman–Crippen MR) is 126 cm³/mol. The molecule has 0 aliphatic carbocycles. The van der Waals surface area contributed by atoms with E-state index in [2.05, 4.69) is 39.2 Å². The van der Waals surface area contributed by atoms with Crippen LogP contribution < -0.4 is 10.2 Å². The summed E-state index contributed by atoms with van der Waals surface area (Å²) in [5.41, 5.74) is 4.85. The van der Waals surface area contributed by atoms with Gasteiger partial charge in [0.15, 0.2) is 0 Å². The lowest BCUT2D eigenvalue weighted by atomic mass is 10.1. The Balaban J connectivity index is 1.69. The number of H-pyrrole nitrogens is 1. The molecule has 3 rings (SSSR count). The maximum atomic E-state index is 13.0. The smallest absolute Gasteiger partial charge is 0.340 e. The van der Waals surface area contributed by atoms with E-state index in [1.807, 2.05) is 13.0 Å². The van der Waals surface area contributed by atoms with Gasteiger partial charge in [-0.3, -0.25) is 4.79 Å². The van der Waals surface area contributed by atoms with Crippen molar-refractivity contribution >= 4 is 23.3 Å². The lowest BCUT2D eigenvalue weighted by Gasteiger charge is -2.35. The van der Waals surface area contributed by atoms with Crippen LogP contribution in [0.4, 0.5) is 11.4 Å². The van der Waals surface area contributed by atoms with Crippen LogP contribution in [0.2, 0.25) is 0 Å². The van der Waals surface area contributed by atoms with Gasteiger partial charge in [0.1, 0.15) is 12.3 Å². The number of hydrogen-bond acceptors (Lipinski definition) is 6. The molecule has 2 aromatic rings. The van der Waals surface area contributed by atoms with Gasteiger partial charge in [0.2, 0.25) is 0 Å². The number of amides is 1. The molecule has 1 fully saturated rings. The summed E-state index contributed by atoms with van der Waals surface area (Å²) in [7, 11) is 1.55. The topological polar surface area (TPSA) is 86.9 Å². The number of nitrogens with zero attached hydrogens (tertiary/aromatic N) is 2. The summed E-state index contributed by atoms with van der Waals surface area (Å²) in [4.78, 5) is 33.2. The van der Waals surface area contributed by atoms with Crippen LogP contribution in [0.25, 0.3) is 0 Å². The summed E-state index contributed by atoms with van der Waals surface area (Å²) in [6.07, 6.45) is 0. The van der Waals surface area contributed by atoms with E-state index in [0.717, 1.165) is 44.0 Å². The van der Waals surface area contributed by atoms with Gasteiger partial charge in [-0.1, -0.05) is 6.92 Å². The second-order valence-corrected chi connectivity index (χ2v) is 8.13. The number of anilines is 2. The quantitative estimate of drug-likeness (QED) is 0.483. The van der Waals surface area contributed by atoms with Gasteiger partial charge in [0.05, 0.1) is 12.2 Å². The number of benzene rings is 1. The molecule has 1 aromatic heterocycles. The number of methoxy groups -OCH3 is 1. The van der Waals surface area contributed by atoms with E-state index in [-0.39, 0.29) is 12.5 Å². The molecule has 0 atom stereocenters. The van der Waals surface area contributed by atoms with E-state index in [1.165, 1.54) is 5.69 Å². The Hall–Kier alpha value is -2.84. The van der Waals surface area contributed by atoms with Crippen LogP contribution in [0.3, 0.4) is 0 Å². The van der Waals surface area contributed by atoms with Crippen molar-refractivity contribution in [1.82, 2.24) is 9.88 Å². The number of likely N-dealkylation sites (N-methyl/N-ethyl adjacent to an activating group) is 1. The molecular formula is C24H34N4O4. The molecule has 0 unspecified atom stereocenters. The Kier molecular flexibility index (Phi) is 7.93. The number of nitrogens with one attached hydrogen (secondary N) is 2. The normalized spacial score (nSPS) is 14.5.